The Bertz CT molecular complexity index is 447. The van der Waals surface area contributed by atoms with Crippen molar-refractivity contribution in [1.82, 2.24) is 5.32 Å². The quantitative estimate of drug-likeness (QED) is 0.520. The summed E-state index contributed by atoms with van der Waals surface area (Å²) in [5.41, 5.74) is 5.60. The number of carbonyl (C=O) groups excluding carboxylic acids is 1. The molecule has 7 nitrogen and oxygen atoms in total. The van der Waals surface area contributed by atoms with Gasteiger partial charge in [0.1, 0.15) is 15.9 Å². The molecule has 0 aliphatic rings. The molecule has 0 aliphatic heterocycles. The first-order valence-electron chi connectivity index (χ1n) is 6.95. The lowest BCUT2D eigenvalue weighted by Crippen LogP contribution is -2.42. The Morgan fingerprint density at radius 1 is 1.29 bits per heavy atom. The van der Waals surface area contributed by atoms with E-state index in [1.54, 1.807) is 0 Å². The molecular formula is C13H26N2O5S. The third-order valence-electron chi connectivity index (χ3n) is 3.02. The molecule has 0 rings (SSSR count). The summed E-state index contributed by atoms with van der Waals surface area (Å²) in [4.78, 5) is 22.9. The van der Waals surface area contributed by atoms with Crippen molar-refractivity contribution in [3.8, 4) is 0 Å². The van der Waals surface area contributed by atoms with Crippen LogP contribution >= 0.6 is 0 Å². The molecule has 21 heavy (non-hydrogen) atoms. The van der Waals surface area contributed by atoms with Crippen LogP contribution in [0.15, 0.2) is 0 Å². The molecule has 0 fully saturated rings. The van der Waals surface area contributed by atoms with E-state index in [-0.39, 0.29) is 24.5 Å². The number of carboxylic acid groups (broad SMARTS) is 1. The zero-order chi connectivity index (χ0) is 16.6. The Hall–Kier alpha value is -1.15. The number of carbonyl (C=O) groups is 2. The van der Waals surface area contributed by atoms with Crippen LogP contribution in [0.2, 0.25) is 0 Å². The van der Waals surface area contributed by atoms with E-state index in [0.717, 1.165) is 12.7 Å². The van der Waals surface area contributed by atoms with Gasteiger partial charge in [-0.05, 0) is 31.2 Å². The summed E-state index contributed by atoms with van der Waals surface area (Å²) in [6.45, 7) is 4.39. The van der Waals surface area contributed by atoms with Crippen LogP contribution < -0.4 is 11.1 Å². The molecule has 0 heterocycles. The predicted molar refractivity (Wildman–Crippen MR) is 80.5 cm³/mol. The summed E-state index contributed by atoms with van der Waals surface area (Å²) in [6.07, 6.45) is 1.82. The zero-order valence-corrected chi connectivity index (χ0v) is 13.6. The van der Waals surface area contributed by atoms with E-state index in [2.05, 4.69) is 5.32 Å². The molecule has 4 N–H and O–H groups in total. The van der Waals surface area contributed by atoms with Crippen molar-refractivity contribution in [1.29, 1.82) is 0 Å². The van der Waals surface area contributed by atoms with E-state index in [4.69, 9.17) is 10.8 Å². The van der Waals surface area contributed by atoms with Crippen molar-refractivity contribution < 1.29 is 23.1 Å². The van der Waals surface area contributed by atoms with E-state index in [1.807, 2.05) is 13.8 Å². The lowest BCUT2D eigenvalue weighted by molar-refractivity contribution is -0.142. The first-order valence-corrected chi connectivity index (χ1v) is 9.01. The summed E-state index contributed by atoms with van der Waals surface area (Å²) >= 11 is 0. The van der Waals surface area contributed by atoms with Crippen molar-refractivity contribution in [2.45, 2.75) is 39.2 Å². The summed E-state index contributed by atoms with van der Waals surface area (Å²) in [5, 5.41) is 11.4. The number of nitrogens with two attached hydrogens (primary N) is 1. The number of amides is 1. The summed E-state index contributed by atoms with van der Waals surface area (Å²) < 4.78 is 22.1. The van der Waals surface area contributed by atoms with Crippen molar-refractivity contribution in [3.63, 3.8) is 0 Å². The SMILES string of the molecule is CC(C)CC(CN)CC(=O)NC(CCS(C)(=O)=O)C(=O)O. The van der Waals surface area contributed by atoms with Gasteiger partial charge in [0.15, 0.2) is 0 Å². The van der Waals surface area contributed by atoms with Gasteiger partial charge in [-0.15, -0.1) is 0 Å². The number of rotatable bonds is 10. The van der Waals surface area contributed by atoms with E-state index >= 15 is 0 Å². The second-order valence-electron chi connectivity index (χ2n) is 5.81. The van der Waals surface area contributed by atoms with E-state index in [1.165, 1.54) is 0 Å². The third-order valence-corrected chi connectivity index (χ3v) is 4.00. The molecular weight excluding hydrogens is 296 g/mol. The molecule has 8 heteroatoms. The van der Waals surface area contributed by atoms with Crippen LogP contribution in [-0.4, -0.2) is 50.0 Å². The van der Waals surface area contributed by atoms with Crippen molar-refractivity contribution in [2.75, 3.05) is 18.6 Å². The van der Waals surface area contributed by atoms with Gasteiger partial charge >= 0.3 is 5.97 Å². The number of carboxylic acids is 1. The molecule has 2 atom stereocenters. The first kappa shape index (κ1) is 19.9. The number of nitrogens with one attached hydrogen (secondary N) is 1. The number of hydrogen-bond acceptors (Lipinski definition) is 5. The van der Waals surface area contributed by atoms with Crippen LogP contribution in [0.25, 0.3) is 0 Å². The lowest BCUT2D eigenvalue weighted by Gasteiger charge is -2.19. The van der Waals surface area contributed by atoms with Crippen LogP contribution in [0.3, 0.4) is 0 Å². The number of sulfone groups is 1. The van der Waals surface area contributed by atoms with Crippen LogP contribution in [0, 0.1) is 11.8 Å². The molecule has 1 amide bonds. The average Bonchev–Trinajstić information content (AvgIpc) is 2.31. The summed E-state index contributed by atoms with van der Waals surface area (Å²) in [7, 11) is -3.27. The highest BCUT2D eigenvalue weighted by atomic mass is 32.2. The molecule has 2 unspecified atom stereocenters. The average molecular weight is 322 g/mol. The maximum absolute atomic E-state index is 11.9. The maximum Gasteiger partial charge on any atom is 0.326 e. The monoisotopic (exact) mass is 322 g/mol. The van der Waals surface area contributed by atoms with Crippen LogP contribution in [0.4, 0.5) is 0 Å². The Morgan fingerprint density at radius 2 is 1.86 bits per heavy atom. The molecule has 0 spiro atoms. The van der Waals surface area contributed by atoms with Gasteiger partial charge in [0.05, 0.1) is 5.75 Å². The number of aliphatic carboxylic acids is 1. The largest absolute Gasteiger partial charge is 0.480 e. The van der Waals surface area contributed by atoms with Gasteiger partial charge < -0.3 is 16.2 Å². The minimum Gasteiger partial charge on any atom is -0.480 e. The minimum absolute atomic E-state index is 0.00523. The first-order chi connectivity index (χ1) is 9.55. The van der Waals surface area contributed by atoms with Crippen LogP contribution in [-0.2, 0) is 19.4 Å². The molecule has 124 valence electrons. The third kappa shape index (κ3) is 10.3. The number of hydrogen-bond donors (Lipinski definition) is 3. The normalized spacial score (nSPS) is 14.7. The molecule has 0 saturated carbocycles. The van der Waals surface area contributed by atoms with Gasteiger partial charge in [-0.3, -0.25) is 4.79 Å². The molecule has 0 aromatic rings. The second-order valence-corrected chi connectivity index (χ2v) is 8.07. The van der Waals surface area contributed by atoms with E-state index in [0.29, 0.717) is 12.5 Å². The van der Waals surface area contributed by atoms with Gasteiger partial charge in [0, 0.05) is 12.7 Å². The summed E-state index contributed by atoms with van der Waals surface area (Å²) in [5.74, 6) is -1.54. The smallest absolute Gasteiger partial charge is 0.326 e. The van der Waals surface area contributed by atoms with Gasteiger partial charge in [-0.1, -0.05) is 13.8 Å². The Balaban J connectivity index is 4.50. The zero-order valence-electron chi connectivity index (χ0n) is 12.8. The summed E-state index contributed by atoms with van der Waals surface area (Å²) in [6, 6.07) is -1.19. The highest BCUT2D eigenvalue weighted by Gasteiger charge is 2.23. The second kappa shape index (κ2) is 8.99. The van der Waals surface area contributed by atoms with Crippen molar-refractivity contribution >= 4 is 21.7 Å². The molecule has 0 radical (unpaired) electrons. The van der Waals surface area contributed by atoms with E-state index < -0.39 is 27.8 Å². The molecule has 0 bridgehead atoms. The van der Waals surface area contributed by atoms with Gasteiger partial charge in [0.2, 0.25) is 5.91 Å². The fourth-order valence-electron chi connectivity index (χ4n) is 2.03. The van der Waals surface area contributed by atoms with Crippen molar-refractivity contribution in [3.05, 3.63) is 0 Å². The van der Waals surface area contributed by atoms with Gasteiger partial charge in [0.25, 0.3) is 0 Å². The topological polar surface area (TPSA) is 127 Å². The van der Waals surface area contributed by atoms with Crippen LogP contribution in [0.1, 0.15) is 33.1 Å². The standard InChI is InChI=1S/C13H26N2O5S/c1-9(2)6-10(8-14)7-12(16)15-11(13(17)18)4-5-21(3,19)20/h9-11H,4-8,14H2,1-3H3,(H,15,16)(H,17,18). The maximum atomic E-state index is 11.9. The molecule has 0 saturated heterocycles. The van der Waals surface area contributed by atoms with Gasteiger partial charge in [-0.2, -0.15) is 0 Å². The lowest BCUT2D eigenvalue weighted by atomic mass is 9.94. The fraction of sp³-hybridized carbons (Fsp3) is 0.846. The predicted octanol–water partition coefficient (Wildman–Crippen LogP) is 0.00160. The van der Waals surface area contributed by atoms with Gasteiger partial charge in [-0.25, -0.2) is 13.2 Å². The van der Waals surface area contributed by atoms with E-state index in [9.17, 15) is 18.0 Å². The minimum atomic E-state index is -3.27. The van der Waals surface area contributed by atoms with Crippen molar-refractivity contribution in [2.24, 2.45) is 17.6 Å². The Labute approximate surface area is 126 Å². The molecule has 0 aromatic carbocycles. The Kier molecular flexibility index (Phi) is 8.50. The fourth-order valence-corrected chi connectivity index (χ4v) is 2.70. The molecule has 0 aliphatic carbocycles. The highest BCUT2D eigenvalue weighted by Crippen LogP contribution is 2.14. The van der Waals surface area contributed by atoms with Crippen LogP contribution in [0.5, 0.6) is 0 Å². The highest BCUT2D eigenvalue weighted by molar-refractivity contribution is 7.90. The Morgan fingerprint density at radius 3 is 2.24 bits per heavy atom. The molecule has 0 aromatic heterocycles.